The minimum Gasteiger partial charge on any atom is -0.367 e. The predicted molar refractivity (Wildman–Crippen MR) is 105 cm³/mol. The lowest BCUT2D eigenvalue weighted by atomic mass is 10.1. The van der Waals surface area contributed by atoms with Gasteiger partial charge in [-0.3, -0.25) is 9.59 Å². The topological polar surface area (TPSA) is 83.1 Å². The second kappa shape index (κ2) is 8.91. The maximum Gasteiger partial charge on any atom is 0.471 e. The fourth-order valence-electron chi connectivity index (χ4n) is 2.64. The molecule has 29 heavy (non-hydrogen) atoms. The second-order valence-electron chi connectivity index (χ2n) is 6.06. The lowest BCUT2D eigenvalue weighted by Crippen LogP contribution is -2.46. The molecule has 10 heteroatoms. The number of hydrogen-bond acceptors (Lipinski definition) is 5. The van der Waals surface area contributed by atoms with Crippen molar-refractivity contribution in [3.8, 4) is 0 Å². The van der Waals surface area contributed by atoms with E-state index in [1.165, 1.54) is 23.7 Å². The molecule has 1 heterocycles. The first-order valence-electron chi connectivity index (χ1n) is 8.65. The molecule has 1 aromatic heterocycles. The molecule has 0 aliphatic carbocycles. The number of amides is 2. The van der Waals surface area contributed by atoms with E-state index < -0.39 is 24.0 Å². The lowest BCUT2D eigenvalue weighted by Gasteiger charge is -2.19. The molecule has 0 saturated carbocycles. The van der Waals surface area contributed by atoms with E-state index in [0.29, 0.717) is 12.4 Å². The van der Waals surface area contributed by atoms with Crippen LogP contribution >= 0.6 is 11.5 Å². The number of benzene rings is 2. The van der Waals surface area contributed by atoms with Crippen molar-refractivity contribution >= 4 is 39.3 Å². The molecule has 152 valence electrons. The molecule has 0 radical (unpaired) electrons. The largest absolute Gasteiger partial charge is 0.471 e. The van der Waals surface area contributed by atoms with Gasteiger partial charge in [-0.15, -0.1) is 0 Å². The van der Waals surface area contributed by atoms with Crippen LogP contribution < -0.4 is 16.0 Å². The van der Waals surface area contributed by atoms with Gasteiger partial charge < -0.3 is 16.0 Å². The van der Waals surface area contributed by atoms with Gasteiger partial charge in [0.1, 0.15) is 11.9 Å². The average molecular weight is 422 g/mol. The summed E-state index contributed by atoms with van der Waals surface area (Å²) in [4.78, 5) is 23.8. The maximum absolute atomic E-state index is 12.6. The number of carbonyl (C=O) groups is 2. The van der Waals surface area contributed by atoms with E-state index >= 15 is 0 Å². The van der Waals surface area contributed by atoms with Crippen LogP contribution in [0.4, 0.5) is 19.0 Å². The van der Waals surface area contributed by atoms with Crippen LogP contribution in [0.25, 0.3) is 10.1 Å². The van der Waals surface area contributed by atoms with E-state index in [1.807, 2.05) is 24.3 Å². The summed E-state index contributed by atoms with van der Waals surface area (Å²) in [5.74, 6) is -2.24. The number of nitrogens with one attached hydrogen (secondary N) is 3. The summed E-state index contributed by atoms with van der Waals surface area (Å²) in [5.41, 5.74) is 0.251. The van der Waals surface area contributed by atoms with Crippen LogP contribution in [-0.4, -0.2) is 35.5 Å². The summed E-state index contributed by atoms with van der Waals surface area (Å²) in [5, 5.41) is 8.32. The van der Waals surface area contributed by atoms with Gasteiger partial charge in [-0.2, -0.15) is 17.5 Å². The highest BCUT2D eigenvalue weighted by Gasteiger charge is 2.41. The van der Waals surface area contributed by atoms with Crippen LogP contribution in [0, 0.1) is 0 Å². The van der Waals surface area contributed by atoms with Gasteiger partial charge in [-0.1, -0.05) is 42.5 Å². The van der Waals surface area contributed by atoms with Gasteiger partial charge >= 0.3 is 12.1 Å². The van der Waals surface area contributed by atoms with Crippen molar-refractivity contribution in [2.45, 2.75) is 12.2 Å². The van der Waals surface area contributed by atoms with Crippen molar-refractivity contribution in [1.82, 2.24) is 15.0 Å². The smallest absolute Gasteiger partial charge is 0.367 e. The van der Waals surface area contributed by atoms with Crippen molar-refractivity contribution in [1.29, 1.82) is 0 Å². The first-order chi connectivity index (χ1) is 13.9. The molecular weight excluding hydrogens is 405 g/mol. The Hall–Kier alpha value is -3.14. The normalized spacial score (nSPS) is 12.4. The van der Waals surface area contributed by atoms with Gasteiger partial charge in [-0.05, 0) is 29.2 Å². The molecule has 2 amide bonds. The SMILES string of the molecule is O=C(NCCNc1nsc2ccccc12)C(NC(=O)C(F)(F)F)c1ccccc1. The number of fused-ring (bicyclic) bond motifs is 1. The van der Waals surface area contributed by atoms with Gasteiger partial charge in [0.05, 0.1) is 4.70 Å². The van der Waals surface area contributed by atoms with E-state index in [4.69, 9.17) is 0 Å². The fourth-order valence-corrected chi connectivity index (χ4v) is 3.40. The van der Waals surface area contributed by atoms with Crippen LogP contribution in [0.15, 0.2) is 54.6 Å². The standard InChI is InChI=1S/C19H17F3N4O2S/c20-19(21,22)18(28)25-15(12-6-2-1-3-7-12)17(27)24-11-10-23-16-13-8-4-5-9-14(13)29-26-16/h1-9,15H,10-11H2,(H,23,26)(H,24,27)(H,25,28). The monoisotopic (exact) mass is 422 g/mol. The van der Waals surface area contributed by atoms with Crippen molar-refractivity contribution in [2.24, 2.45) is 0 Å². The number of alkyl halides is 3. The Bertz CT molecular complexity index is 992. The number of hydrogen-bond donors (Lipinski definition) is 3. The number of carbonyl (C=O) groups excluding carboxylic acids is 2. The van der Waals surface area contributed by atoms with Crippen LogP contribution in [-0.2, 0) is 9.59 Å². The zero-order valence-corrected chi connectivity index (χ0v) is 15.8. The van der Waals surface area contributed by atoms with Gasteiger partial charge in [-0.25, -0.2) is 0 Å². The third kappa shape index (κ3) is 5.23. The van der Waals surface area contributed by atoms with E-state index in [9.17, 15) is 22.8 Å². The molecule has 3 N–H and O–H groups in total. The third-order valence-electron chi connectivity index (χ3n) is 4.02. The van der Waals surface area contributed by atoms with Crippen LogP contribution in [0.1, 0.15) is 11.6 Å². The van der Waals surface area contributed by atoms with Gasteiger partial charge in [0.15, 0.2) is 0 Å². The Morgan fingerprint density at radius 2 is 1.69 bits per heavy atom. The van der Waals surface area contributed by atoms with Crippen LogP contribution in [0.3, 0.4) is 0 Å². The molecule has 0 bridgehead atoms. The molecule has 0 spiro atoms. The molecule has 0 saturated heterocycles. The van der Waals surface area contributed by atoms with Crippen LogP contribution in [0.2, 0.25) is 0 Å². The van der Waals surface area contributed by atoms with Gasteiger partial charge in [0, 0.05) is 18.5 Å². The fraction of sp³-hybridized carbons (Fsp3) is 0.211. The molecule has 2 aromatic carbocycles. The number of nitrogens with zero attached hydrogens (tertiary/aromatic N) is 1. The predicted octanol–water partition coefficient (Wildman–Crippen LogP) is 3.24. The van der Waals surface area contributed by atoms with Crippen molar-refractivity contribution < 1.29 is 22.8 Å². The molecule has 3 rings (SSSR count). The van der Waals surface area contributed by atoms with E-state index in [1.54, 1.807) is 23.5 Å². The number of rotatable bonds is 7. The van der Waals surface area contributed by atoms with Crippen molar-refractivity contribution in [2.75, 3.05) is 18.4 Å². The lowest BCUT2D eigenvalue weighted by molar-refractivity contribution is -0.174. The zero-order chi connectivity index (χ0) is 20.9. The molecule has 1 atom stereocenters. The second-order valence-corrected chi connectivity index (χ2v) is 6.87. The first-order valence-corrected chi connectivity index (χ1v) is 9.42. The highest BCUT2D eigenvalue weighted by atomic mass is 32.1. The van der Waals surface area contributed by atoms with Gasteiger partial charge in [0.2, 0.25) is 5.91 Å². The minimum atomic E-state index is -5.08. The minimum absolute atomic E-state index is 0.135. The Morgan fingerprint density at radius 3 is 2.41 bits per heavy atom. The summed E-state index contributed by atoms with van der Waals surface area (Å²) >= 11 is 1.34. The quantitative estimate of drug-likeness (QED) is 0.511. The Labute approximate surface area is 168 Å². The Morgan fingerprint density at radius 1 is 1.00 bits per heavy atom. The summed E-state index contributed by atoms with van der Waals surface area (Å²) < 4.78 is 43.2. The van der Waals surface area contributed by atoms with Crippen molar-refractivity contribution in [3.63, 3.8) is 0 Å². The van der Waals surface area contributed by atoms with E-state index in [0.717, 1.165) is 10.1 Å². The average Bonchev–Trinajstić information content (AvgIpc) is 3.12. The summed E-state index contributed by atoms with van der Waals surface area (Å²) in [7, 11) is 0. The number of aromatic nitrogens is 1. The molecule has 1 unspecified atom stereocenters. The van der Waals surface area contributed by atoms with Gasteiger partial charge in [0.25, 0.3) is 0 Å². The summed E-state index contributed by atoms with van der Waals surface area (Å²) in [6.07, 6.45) is -5.08. The Balaban J connectivity index is 1.60. The zero-order valence-electron chi connectivity index (χ0n) is 15.0. The highest BCUT2D eigenvalue weighted by Crippen LogP contribution is 2.25. The molecule has 3 aromatic rings. The third-order valence-corrected chi connectivity index (χ3v) is 4.85. The first kappa shape index (κ1) is 20.6. The molecule has 0 aliphatic rings. The number of anilines is 1. The van der Waals surface area contributed by atoms with E-state index in [-0.39, 0.29) is 12.1 Å². The molecular formula is C19H17F3N4O2S. The summed E-state index contributed by atoms with van der Waals surface area (Å²) in [6.45, 7) is 0.449. The maximum atomic E-state index is 12.6. The van der Waals surface area contributed by atoms with Crippen molar-refractivity contribution in [3.05, 3.63) is 60.2 Å². The molecule has 0 aliphatic heterocycles. The Kier molecular flexibility index (Phi) is 6.32. The molecule has 0 fully saturated rings. The summed E-state index contributed by atoms with van der Waals surface area (Å²) in [6, 6.07) is 13.9. The molecule has 6 nitrogen and oxygen atoms in total. The number of halogens is 3. The van der Waals surface area contributed by atoms with E-state index in [2.05, 4.69) is 15.0 Å². The van der Waals surface area contributed by atoms with Crippen LogP contribution in [0.5, 0.6) is 0 Å². The highest BCUT2D eigenvalue weighted by molar-refractivity contribution is 7.13.